The van der Waals surface area contributed by atoms with Crippen molar-refractivity contribution in [1.29, 1.82) is 0 Å². The molecule has 0 aromatic heterocycles. The maximum Gasteiger partial charge on any atom is 0.303 e. The van der Waals surface area contributed by atoms with E-state index in [1.54, 1.807) is 0 Å². The molecule has 15 rings (SSSR count). The van der Waals surface area contributed by atoms with Crippen LogP contribution in [0.15, 0.2) is 320 Å². The fourth-order valence-electron chi connectivity index (χ4n) is 13.7. The van der Waals surface area contributed by atoms with Crippen molar-refractivity contribution in [1.82, 2.24) is 0 Å². The Kier molecular flexibility index (Phi) is 24.0. The van der Waals surface area contributed by atoms with E-state index in [0.717, 1.165) is 55.6 Å². The Labute approximate surface area is 654 Å². The molecule has 13 aromatic rings. The zero-order valence-electron chi connectivity index (χ0n) is 60.5. The predicted octanol–water partition coefficient (Wildman–Crippen LogP) is 22.2. The van der Waals surface area contributed by atoms with Crippen molar-refractivity contribution in [3.8, 4) is 57.5 Å². The van der Waals surface area contributed by atoms with Crippen molar-refractivity contribution in [3.63, 3.8) is 0 Å². The molecule has 110 heavy (non-hydrogen) atoms. The first-order chi connectivity index (χ1) is 54.2. The Morgan fingerprint density at radius 1 is 0.355 bits per heavy atom. The molecule has 13 aromatic carbocycles. The average Bonchev–Trinajstić information content (AvgIpc) is 0.712. The molecule has 0 aliphatic carbocycles. The lowest BCUT2D eigenvalue weighted by Crippen LogP contribution is -2.39. The number of hydrogen-bond acceptors (Lipinski definition) is 13. The van der Waals surface area contributed by atoms with Crippen molar-refractivity contribution < 1.29 is 61.6 Å². The Morgan fingerprint density at radius 2 is 0.682 bits per heavy atom. The lowest BCUT2D eigenvalue weighted by atomic mass is 9.77. The summed E-state index contributed by atoms with van der Waals surface area (Å²) in [6, 6.07) is 103. The van der Waals surface area contributed by atoms with E-state index in [2.05, 4.69) is 15.9 Å². The number of benzene rings is 13. The summed E-state index contributed by atoms with van der Waals surface area (Å²) in [6.07, 6.45) is -3.90. The zero-order chi connectivity index (χ0) is 74.8. The predicted molar refractivity (Wildman–Crippen MR) is 428 cm³/mol. The molecule has 15 heteroatoms. The summed E-state index contributed by atoms with van der Waals surface area (Å²) in [6.45, 7) is 2.94. The minimum Gasteiger partial charge on any atom is -0.488 e. The van der Waals surface area contributed by atoms with Gasteiger partial charge in [-0.05, 0) is 95.8 Å². The highest BCUT2D eigenvalue weighted by Gasteiger charge is 2.51. The van der Waals surface area contributed by atoms with E-state index in [9.17, 15) is 4.79 Å². The van der Waals surface area contributed by atoms with Gasteiger partial charge >= 0.3 is 5.97 Å². The molecule has 0 amide bonds. The smallest absolute Gasteiger partial charge is 0.303 e. The van der Waals surface area contributed by atoms with Crippen LogP contribution in [0.5, 0.6) is 57.5 Å². The van der Waals surface area contributed by atoms with Gasteiger partial charge in [-0.3, -0.25) is 4.79 Å². The number of rotatable bonds is 31. The van der Waals surface area contributed by atoms with Crippen LogP contribution in [0.4, 0.5) is 0 Å². The van der Waals surface area contributed by atoms with Gasteiger partial charge in [0, 0.05) is 41.7 Å². The normalized spacial score (nSPS) is 15.5. The van der Waals surface area contributed by atoms with Crippen molar-refractivity contribution in [2.45, 2.75) is 103 Å². The number of carbonyl (C=O) groups excluding carboxylic acids is 1. The minimum absolute atomic E-state index is 0.0148. The second kappa shape index (κ2) is 35.8. The molecule has 0 N–H and O–H groups in total. The SMILES string of the molecule is CC(=O)OC1C(c2ccc(OCc3ccccc3)c(OCc3ccccc3)c2)Oc2c(Br)c(OCc3ccccc3)cc(OCc3ccccc3)c2C1c1c(OCc2ccccc2)c(Cl)c2c(c1OCc1ccccc1)CC(OCc1ccccc1)C(c1ccc(OCc3ccccc3)c(OCc3ccccc3)c1)O2. The fraction of sp³-hybridized carbons (Fsp3) is 0.168. The summed E-state index contributed by atoms with van der Waals surface area (Å²) in [5.41, 5.74) is 11.0. The zero-order valence-corrected chi connectivity index (χ0v) is 62.9. The molecule has 0 fully saturated rings. The summed E-state index contributed by atoms with van der Waals surface area (Å²) in [7, 11) is 0. The lowest BCUT2D eigenvalue weighted by Gasteiger charge is -2.42. The summed E-state index contributed by atoms with van der Waals surface area (Å²) in [5.74, 6) is 2.00. The Bertz CT molecular complexity index is 5170. The van der Waals surface area contributed by atoms with Gasteiger partial charge in [0.2, 0.25) is 0 Å². The molecular formula is C95H80BrClO13. The van der Waals surface area contributed by atoms with Gasteiger partial charge in [-0.25, -0.2) is 0 Å². The molecule has 0 radical (unpaired) electrons. The standard InChI is InChI=1S/C95H80BrClO13/c1-64(98)108-95-85(84-81(103-59-69-37-19-6-20-38-69)54-82(104-60-70-39-21-7-22-40-70)87(96)93(84)110-90(95)75-48-50-78(100-56-66-31-13-3-14-32-66)80(52-75)102-58-68-35-17-5-18-36-68)86-91(106-62-72-43-25-9-26-44-72)76-53-83(105-61-71-41-23-8-24-42-71)89(109-92(76)88(97)94(86)107-63-73-45-27-10-28-46-73)74-47-49-77(99-55-65-29-11-2-12-30-65)79(51-74)101-57-67-33-15-4-16-34-67/h2-52,54,83,85,89-90,95H,53,55-63H2,1H3. The molecule has 5 unspecified atom stereocenters. The molecule has 0 bridgehead atoms. The van der Waals surface area contributed by atoms with Crippen LogP contribution in [-0.2, 0) is 80.2 Å². The number of carbonyl (C=O) groups is 1. The molecule has 0 spiro atoms. The van der Waals surface area contributed by atoms with Crippen molar-refractivity contribution in [2.75, 3.05) is 0 Å². The monoisotopic (exact) mass is 1540 g/mol. The van der Waals surface area contributed by atoms with Crippen LogP contribution in [0.25, 0.3) is 0 Å². The molecule has 2 aliphatic rings. The maximum absolute atomic E-state index is 14.7. The van der Waals surface area contributed by atoms with Crippen molar-refractivity contribution >= 4 is 33.5 Å². The van der Waals surface area contributed by atoms with Crippen LogP contribution in [0.1, 0.15) is 103 Å². The first-order valence-electron chi connectivity index (χ1n) is 36.7. The van der Waals surface area contributed by atoms with Crippen molar-refractivity contribution in [2.24, 2.45) is 0 Å². The molecule has 2 heterocycles. The largest absolute Gasteiger partial charge is 0.488 e. The quantitative estimate of drug-likeness (QED) is 0.0383. The molecule has 552 valence electrons. The molecule has 0 saturated heterocycles. The van der Waals surface area contributed by atoms with Gasteiger partial charge < -0.3 is 56.8 Å². The Balaban J connectivity index is 0.966. The number of ether oxygens (including phenoxy) is 12. The van der Waals surface area contributed by atoms with E-state index in [1.165, 1.54) is 6.92 Å². The van der Waals surface area contributed by atoms with Gasteiger partial charge in [0.1, 0.15) is 103 Å². The van der Waals surface area contributed by atoms with E-state index >= 15 is 0 Å². The van der Waals surface area contributed by atoms with Crippen LogP contribution in [-0.4, -0.2) is 18.2 Å². The van der Waals surface area contributed by atoms with Crippen molar-refractivity contribution in [3.05, 3.63) is 403 Å². The Hall–Kier alpha value is -11.9. The third-order valence-electron chi connectivity index (χ3n) is 19.2. The van der Waals surface area contributed by atoms with Crippen LogP contribution in [0.3, 0.4) is 0 Å². The molecule has 2 aliphatic heterocycles. The highest BCUT2D eigenvalue weighted by atomic mass is 79.9. The van der Waals surface area contributed by atoms with Gasteiger partial charge in [-0.15, -0.1) is 0 Å². The van der Waals surface area contributed by atoms with E-state index in [1.807, 2.05) is 315 Å². The topological polar surface area (TPSA) is 128 Å². The summed E-state index contributed by atoms with van der Waals surface area (Å²) >= 11 is 12.5. The van der Waals surface area contributed by atoms with Gasteiger partial charge in [-0.1, -0.05) is 297 Å². The fourth-order valence-corrected chi connectivity index (χ4v) is 14.6. The number of fused-ring (bicyclic) bond motifs is 2. The first kappa shape index (κ1) is 73.6. The third-order valence-corrected chi connectivity index (χ3v) is 20.3. The third kappa shape index (κ3) is 18.1. The number of halogens is 2. The van der Waals surface area contributed by atoms with Gasteiger partial charge in [0.15, 0.2) is 41.3 Å². The highest BCUT2D eigenvalue weighted by Crippen LogP contribution is 2.63. The summed E-state index contributed by atoms with van der Waals surface area (Å²) in [4.78, 5) is 14.7. The van der Waals surface area contributed by atoms with E-state index in [4.69, 9.17) is 68.4 Å². The van der Waals surface area contributed by atoms with E-state index in [0.29, 0.717) is 79.3 Å². The Morgan fingerprint density at radius 3 is 1.07 bits per heavy atom. The summed E-state index contributed by atoms with van der Waals surface area (Å²) < 4.78 is 86.2. The minimum atomic E-state index is -1.30. The molecule has 0 saturated carbocycles. The maximum atomic E-state index is 14.7. The highest BCUT2D eigenvalue weighted by molar-refractivity contribution is 9.10. The second-order valence-corrected chi connectivity index (χ2v) is 28.1. The first-order valence-corrected chi connectivity index (χ1v) is 37.9. The van der Waals surface area contributed by atoms with Gasteiger partial charge in [0.25, 0.3) is 0 Å². The number of esters is 1. The number of hydrogen-bond donors (Lipinski definition) is 0. The van der Waals surface area contributed by atoms with Crippen LogP contribution >= 0.6 is 27.5 Å². The van der Waals surface area contributed by atoms with E-state index in [-0.39, 0.29) is 75.8 Å². The van der Waals surface area contributed by atoms with Crippen LogP contribution < -0.4 is 47.4 Å². The molecule has 5 atom stereocenters. The molecular weight excluding hydrogens is 1460 g/mol. The van der Waals surface area contributed by atoms with Gasteiger partial charge in [0.05, 0.1) is 12.5 Å². The lowest BCUT2D eigenvalue weighted by molar-refractivity contribution is -0.154. The van der Waals surface area contributed by atoms with Crippen LogP contribution in [0, 0.1) is 0 Å². The summed E-state index contributed by atoms with van der Waals surface area (Å²) in [5, 5.41) is 0.115. The van der Waals surface area contributed by atoms with Crippen LogP contribution in [0.2, 0.25) is 5.02 Å². The van der Waals surface area contributed by atoms with E-state index < -0.39 is 36.3 Å². The molecule has 13 nitrogen and oxygen atoms in total. The second-order valence-electron chi connectivity index (χ2n) is 26.9. The average molecular weight is 1550 g/mol. The van der Waals surface area contributed by atoms with Gasteiger partial charge in [-0.2, -0.15) is 0 Å².